The van der Waals surface area contributed by atoms with Crippen LogP contribution < -0.4 is 5.32 Å². The monoisotopic (exact) mass is 280 g/mol. The van der Waals surface area contributed by atoms with Crippen molar-refractivity contribution < 1.29 is 4.74 Å². The molecular weight excluding hydrogens is 248 g/mol. The predicted molar refractivity (Wildman–Crippen MR) is 83.0 cm³/mol. The number of hydrogen-bond acceptors (Lipinski definition) is 3. The maximum atomic E-state index is 5.62. The fourth-order valence-corrected chi connectivity index (χ4v) is 4.93. The molecule has 0 aromatic carbocycles. The molecule has 2 saturated heterocycles. The summed E-state index contributed by atoms with van der Waals surface area (Å²) < 4.78 is 5.62. The summed E-state index contributed by atoms with van der Waals surface area (Å²) in [6, 6.07) is 0.897. The molecule has 0 radical (unpaired) electrons. The van der Waals surface area contributed by atoms with Gasteiger partial charge in [-0.15, -0.1) is 0 Å². The van der Waals surface area contributed by atoms with Gasteiger partial charge < -0.3 is 10.1 Å². The zero-order valence-corrected chi connectivity index (χ0v) is 13.2. The first-order valence-electron chi connectivity index (χ1n) is 8.79. The van der Waals surface area contributed by atoms with Gasteiger partial charge in [0.05, 0.1) is 0 Å². The molecule has 1 unspecified atom stereocenters. The Balaban J connectivity index is 1.64. The van der Waals surface area contributed by atoms with E-state index < -0.39 is 0 Å². The van der Waals surface area contributed by atoms with E-state index in [4.69, 9.17) is 4.74 Å². The zero-order chi connectivity index (χ0) is 13.8. The summed E-state index contributed by atoms with van der Waals surface area (Å²) >= 11 is 0. The Hall–Kier alpha value is -0.120. The molecule has 0 bridgehead atoms. The van der Waals surface area contributed by atoms with Gasteiger partial charge in [-0.05, 0) is 63.5 Å². The standard InChI is InChI=1S/C17H32N2O/c1-18-13-17(8-11-20-12-9-17)14-19-10-4-7-16(19)15-5-2-3-6-15/h15-16,18H,2-14H2,1H3. The highest BCUT2D eigenvalue weighted by Gasteiger charge is 2.39. The number of nitrogens with one attached hydrogen (secondary N) is 1. The summed E-state index contributed by atoms with van der Waals surface area (Å²) in [7, 11) is 2.11. The molecule has 0 aromatic rings. The van der Waals surface area contributed by atoms with Crippen LogP contribution in [0.2, 0.25) is 0 Å². The zero-order valence-electron chi connectivity index (χ0n) is 13.2. The molecule has 3 heteroatoms. The van der Waals surface area contributed by atoms with Crippen molar-refractivity contribution in [3.63, 3.8) is 0 Å². The molecule has 116 valence electrons. The molecule has 3 rings (SSSR count). The molecule has 1 N–H and O–H groups in total. The quantitative estimate of drug-likeness (QED) is 0.838. The average Bonchev–Trinajstić information content (AvgIpc) is 3.10. The Bertz CT molecular complexity index is 290. The first kappa shape index (κ1) is 14.8. The first-order chi connectivity index (χ1) is 9.83. The van der Waals surface area contributed by atoms with Crippen molar-refractivity contribution in [1.82, 2.24) is 10.2 Å². The third-order valence-corrected chi connectivity index (χ3v) is 6.00. The lowest BCUT2D eigenvalue weighted by Gasteiger charge is -2.42. The van der Waals surface area contributed by atoms with Crippen LogP contribution in [-0.2, 0) is 4.74 Å². The van der Waals surface area contributed by atoms with Crippen molar-refractivity contribution >= 4 is 0 Å². The molecule has 1 atom stereocenters. The van der Waals surface area contributed by atoms with Crippen LogP contribution in [0.4, 0.5) is 0 Å². The Morgan fingerprint density at radius 2 is 1.85 bits per heavy atom. The van der Waals surface area contributed by atoms with E-state index in [0.717, 1.165) is 31.7 Å². The van der Waals surface area contributed by atoms with E-state index in [1.807, 2.05) is 0 Å². The summed E-state index contributed by atoms with van der Waals surface area (Å²) in [5.74, 6) is 1.00. The largest absolute Gasteiger partial charge is 0.381 e. The van der Waals surface area contributed by atoms with Crippen molar-refractivity contribution in [2.45, 2.75) is 57.4 Å². The maximum absolute atomic E-state index is 5.62. The maximum Gasteiger partial charge on any atom is 0.0472 e. The van der Waals surface area contributed by atoms with Crippen molar-refractivity contribution in [3.05, 3.63) is 0 Å². The molecule has 0 spiro atoms. The topological polar surface area (TPSA) is 24.5 Å². The van der Waals surface area contributed by atoms with Crippen molar-refractivity contribution in [2.75, 3.05) is 39.9 Å². The lowest BCUT2D eigenvalue weighted by atomic mass is 9.79. The van der Waals surface area contributed by atoms with E-state index in [-0.39, 0.29) is 0 Å². The van der Waals surface area contributed by atoms with Crippen LogP contribution in [0.25, 0.3) is 0 Å². The van der Waals surface area contributed by atoms with Crippen LogP contribution >= 0.6 is 0 Å². The second kappa shape index (κ2) is 6.76. The predicted octanol–water partition coefficient (Wildman–Crippen LogP) is 2.66. The second-order valence-electron chi connectivity index (χ2n) is 7.37. The minimum atomic E-state index is 0.466. The molecule has 0 aromatic heterocycles. The van der Waals surface area contributed by atoms with Gasteiger partial charge in [0.25, 0.3) is 0 Å². The summed E-state index contributed by atoms with van der Waals surface area (Å²) in [5.41, 5.74) is 0.466. The highest BCUT2D eigenvalue weighted by atomic mass is 16.5. The second-order valence-corrected chi connectivity index (χ2v) is 7.37. The van der Waals surface area contributed by atoms with Crippen LogP contribution in [0.3, 0.4) is 0 Å². The van der Waals surface area contributed by atoms with E-state index in [1.165, 1.54) is 64.5 Å². The Labute approximate surface area is 124 Å². The van der Waals surface area contributed by atoms with E-state index in [2.05, 4.69) is 17.3 Å². The molecule has 2 heterocycles. The number of likely N-dealkylation sites (tertiary alicyclic amines) is 1. The van der Waals surface area contributed by atoms with Gasteiger partial charge in [0.2, 0.25) is 0 Å². The summed E-state index contributed by atoms with van der Waals surface area (Å²) in [4.78, 5) is 2.86. The molecule has 20 heavy (non-hydrogen) atoms. The number of rotatable bonds is 5. The molecule has 2 aliphatic heterocycles. The first-order valence-corrected chi connectivity index (χ1v) is 8.79. The van der Waals surface area contributed by atoms with Gasteiger partial charge in [-0.2, -0.15) is 0 Å². The van der Waals surface area contributed by atoms with E-state index >= 15 is 0 Å². The van der Waals surface area contributed by atoms with E-state index in [0.29, 0.717) is 5.41 Å². The van der Waals surface area contributed by atoms with Crippen molar-refractivity contribution in [3.8, 4) is 0 Å². The van der Waals surface area contributed by atoms with Gasteiger partial charge in [0.1, 0.15) is 0 Å². The van der Waals surface area contributed by atoms with Crippen LogP contribution in [0.1, 0.15) is 51.4 Å². The summed E-state index contributed by atoms with van der Waals surface area (Å²) in [6.45, 7) is 5.73. The van der Waals surface area contributed by atoms with Gasteiger partial charge in [-0.1, -0.05) is 12.8 Å². The molecule has 3 aliphatic rings. The van der Waals surface area contributed by atoms with Gasteiger partial charge in [-0.3, -0.25) is 4.90 Å². The van der Waals surface area contributed by atoms with Crippen LogP contribution in [-0.4, -0.2) is 50.8 Å². The third-order valence-electron chi connectivity index (χ3n) is 6.00. The SMILES string of the molecule is CNCC1(CN2CCCC2C2CCCC2)CCOCC1. The number of nitrogens with zero attached hydrogens (tertiary/aromatic N) is 1. The normalized spacial score (nSPS) is 31.9. The highest BCUT2D eigenvalue weighted by molar-refractivity contribution is 4.93. The highest BCUT2D eigenvalue weighted by Crippen LogP contribution is 2.39. The van der Waals surface area contributed by atoms with E-state index in [9.17, 15) is 0 Å². The summed E-state index contributed by atoms with van der Waals surface area (Å²) in [6.07, 6.45) is 11.3. The fourth-order valence-electron chi connectivity index (χ4n) is 4.93. The van der Waals surface area contributed by atoms with Crippen molar-refractivity contribution in [2.24, 2.45) is 11.3 Å². The number of ether oxygens (including phenoxy) is 1. The molecule has 3 nitrogen and oxygen atoms in total. The molecular formula is C17H32N2O. The molecule has 0 amide bonds. The smallest absolute Gasteiger partial charge is 0.0472 e. The Morgan fingerprint density at radius 3 is 2.55 bits per heavy atom. The fraction of sp³-hybridized carbons (Fsp3) is 1.00. The van der Waals surface area contributed by atoms with Crippen molar-refractivity contribution in [1.29, 1.82) is 0 Å². The van der Waals surface area contributed by atoms with Crippen LogP contribution in [0, 0.1) is 11.3 Å². The minimum Gasteiger partial charge on any atom is -0.381 e. The molecule has 3 fully saturated rings. The van der Waals surface area contributed by atoms with Gasteiger partial charge in [0.15, 0.2) is 0 Å². The van der Waals surface area contributed by atoms with Crippen LogP contribution in [0.5, 0.6) is 0 Å². The molecule has 1 saturated carbocycles. The third kappa shape index (κ3) is 3.20. The lowest BCUT2D eigenvalue weighted by molar-refractivity contribution is -0.00935. The summed E-state index contributed by atoms with van der Waals surface area (Å²) in [5, 5.41) is 3.45. The molecule has 1 aliphatic carbocycles. The van der Waals surface area contributed by atoms with Gasteiger partial charge >= 0.3 is 0 Å². The van der Waals surface area contributed by atoms with Gasteiger partial charge in [-0.25, -0.2) is 0 Å². The lowest BCUT2D eigenvalue weighted by Crippen LogP contribution is -2.49. The minimum absolute atomic E-state index is 0.466. The van der Waals surface area contributed by atoms with E-state index in [1.54, 1.807) is 0 Å². The van der Waals surface area contributed by atoms with Gasteiger partial charge in [0, 0.05) is 32.3 Å². The van der Waals surface area contributed by atoms with Crippen LogP contribution in [0.15, 0.2) is 0 Å². The number of hydrogen-bond donors (Lipinski definition) is 1. The Morgan fingerprint density at radius 1 is 1.10 bits per heavy atom. The Kier molecular flexibility index (Phi) is 5.00. The average molecular weight is 280 g/mol.